The van der Waals surface area contributed by atoms with Crippen LogP contribution in [0.1, 0.15) is 45.4 Å². The van der Waals surface area contributed by atoms with Crippen molar-refractivity contribution in [2.75, 3.05) is 6.54 Å². The second-order valence-corrected chi connectivity index (χ2v) is 4.63. The topological polar surface area (TPSA) is 78.4 Å². The lowest BCUT2D eigenvalue weighted by Crippen LogP contribution is -2.43. The summed E-state index contributed by atoms with van der Waals surface area (Å²) in [5.74, 6) is -0.981. The molecule has 5 nitrogen and oxygen atoms in total. The van der Waals surface area contributed by atoms with Crippen molar-refractivity contribution in [2.45, 2.75) is 57.5 Å². The van der Waals surface area contributed by atoms with Gasteiger partial charge >= 0.3 is 5.97 Å². The van der Waals surface area contributed by atoms with Crippen LogP contribution in [-0.2, 0) is 9.59 Å². The van der Waals surface area contributed by atoms with Gasteiger partial charge in [-0.25, -0.2) is 0 Å². The molecule has 0 heterocycles. The highest BCUT2D eigenvalue weighted by Gasteiger charge is 2.17. The maximum atomic E-state index is 11.6. The molecule has 1 aliphatic rings. The lowest BCUT2D eigenvalue weighted by atomic mass is 10.1. The summed E-state index contributed by atoms with van der Waals surface area (Å²) in [6, 6.07) is 0.200. The average Bonchev–Trinajstić information content (AvgIpc) is 2.77. The highest BCUT2D eigenvalue weighted by Crippen LogP contribution is 2.17. The molecule has 0 aromatic rings. The van der Waals surface area contributed by atoms with Crippen LogP contribution in [0.25, 0.3) is 0 Å². The van der Waals surface area contributed by atoms with E-state index < -0.39 is 5.97 Å². The molecule has 0 bridgehead atoms. The number of carbonyl (C=O) groups is 2. The first-order valence-electron chi connectivity index (χ1n) is 6.36. The molecular weight excluding hydrogens is 220 g/mol. The number of rotatable bonds is 7. The highest BCUT2D eigenvalue weighted by molar-refractivity contribution is 5.79. The number of carboxylic acid groups (broad SMARTS) is 1. The number of hydrogen-bond donors (Lipinski definition) is 3. The van der Waals surface area contributed by atoms with Crippen LogP contribution in [0.2, 0.25) is 0 Å². The van der Waals surface area contributed by atoms with E-state index in [4.69, 9.17) is 5.11 Å². The van der Waals surface area contributed by atoms with Crippen molar-refractivity contribution in [1.82, 2.24) is 10.6 Å². The molecule has 0 aliphatic heterocycles. The first kappa shape index (κ1) is 14.0. The minimum Gasteiger partial charge on any atom is -0.481 e. The Balaban J connectivity index is 2.19. The van der Waals surface area contributed by atoms with Gasteiger partial charge in [-0.05, 0) is 19.3 Å². The number of amides is 1. The van der Waals surface area contributed by atoms with E-state index in [1.54, 1.807) is 0 Å². The molecule has 0 saturated heterocycles. The highest BCUT2D eigenvalue weighted by atomic mass is 16.4. The Morgan fingerprint density at radius 2 is 2.00 bits per heavy atom. The second kappa shape index (κ2) is 7.27. The van der Waals surface area contributed by atoms with Gasteiger partial charge in [0.15, 0.2) is 0 Å². The minimum atomic E-state index is -0.874. The monoisotopic (exact) mass is 242 g/mol. The molecule has 1 atom stereocenters. The van der Waals surface area contributed by atoms with Crippen LogP contribution in [0, 0.1) is 0 Å². The molecule has 0 radical (unpaired) electrons. The third kappa shape index (κ3) is 5.68. The molecule has 1 unspecified atom stereocenters. The first-order valence-corrected chi connectivity index (χ1v) is 6.36. The van der Waals surface area contributed by atoms with Gasteiger partial charge in [-0.3, -0.25) is 9.59 Å². The number of carboxylic acids is 1. The minimum absolute atomic E-state index is 0.00827. The fourth-order valence-electron chi connectivity index (χ4n) is 2.15. The van der Waals surface area contributed by atoms with Gasteiger partial charge in [0, 0.05) is 12.1 Å². The van der Waals surface area contributed by atoms with E-state index in [9.17, 15) is 9.59 Å². The van der Waals surface area contributed by atoms with Gasteiger partial charge in [0.2, 0.25) is 5.91 Å². The van der Waals surface area contributed by atoms with Gasteiger partial charge in [0.05, 0.1) is 13.0 Å². The first-order chi connectivity index (χ1) is 8.11. The molecule has 1 aliphatic carbocycles. The van der Waals surface area contributed by atoms with Gasteiger partial charge in [-0.1, -0.05) is 19.8 Å². The molecule has 3 N–H and O–H groups in total. The predicted molar refractivity (Wildman–Crippen MR) is 64.7 cm³/mol. The van der Waals surface area contributed by atoms with Crippen LogP contribution in [0.15, 0.2) is 0 Å². The summed E-state index contributed by atoms with van der Waals surface area (Å²) in [5.41, 5.74) is 0. The van der Waals surface area contributed by atoms with Crippen molar-refractivity contribution in [3.63, 3.8) is 0 Å². The van der Waals surface area contributed by atoms with Crippen molar-refractivity contribution in [3.05, 3.63) is 0 Å². The summed E-state index contributed by atoms with van der Waals surface area (Å²) in [4.78, 5) is 22.1. The lowest BCUT2D eigenvalue weighted by molar-refractivity contribution is -0.137. The zero-order valence-corrected chi connectivity index (χ0v) is 10.4. The Morgan fingerprint density at radius 1 is 1.35 bits per heavy atom. The normalized spacial score (nSPS) is 17.9. The van der Waals surface area contributed by atoms with Crippen molar-refractivity contribution < 1.29 is 14.7 Å². The molecular formula is C12H22N2O3. The lowest BCUT2D eigenvalue weighted by Gasteiger charge is -2.16. The number of aliphatic carboxylic acids is 1. The fraction of sp³-hybridized carbons (Fsp3) is 0.833. The van der Waals surface area contributed by atoms with Crippen molar-refractivity contribution in [2.24, 2.45) is 0 Å². The Kier molecular flexibility index (Phi) is 5.97. The molecule has 17 heavy (non-hydrogen) atoms. The molecule has 1 amide bonds. The van der Waals surface area contributed by atoms with Gasteiger partial charge in [0.1, 0.15) is 0 Å². The van der Waals surface area contributed by atoms with E-state index in [-0.39, 0.29) is 18.4 Å². The van der Waals surface area contributed by atoms with E-state index in [2.05, 4.69) is 10.6 Å². The molecule has 1 rings (SSSR count). The van der Waals surface area contributed by atoms with E-state index in [1.165, 1.54) is 12.8 Å². The van der Waals surface area contributed by atoms with Gasteiger partial charge in [0.25, 0.3) is 0 Å². The van der Waals surface area contributed by atoms with Gasteiger partial charge < -0.3 is 15.7 Å². The summed E-state index contributed by atoms with van der Waals surface area (Å²) < 4.78 is 0. The largest absolute Gasteiger partial charge is 0.481 e. The maximum absolute atomic E-state index is 11.6. The summed E-state index contributed by atoms with van der Waals surface area (Å²) in [5, 5.41) is 14.6. The Bertz CT molecular complexity index is 262. The van der Waals surface area contributed by atoms with Gasteiger partial charge in [-0.15, -0.1) is 0 Å². The van der Waals surface area contributed by atoms with Crippen LogP contribution in [-0.4, -0.2) is 35.6 Å². The Morgan fingerprint density at radius 3 is 2.53 bits per heavy atom. The van der Waals surface area contributed by atoms with Crippen molar-refractivity contribution >= 4 is 11.9 Å². The summed E-state index contributed by atoms with van der Waals surface area (Å²) >= 11 is 0. The standard InChI is InChI=1S/C12H22N2O3/c1-2-9(7-12(16)17)14-11(15)8-13-10-5-3-4-6-10/h9-10,13H,2-8H2,1H3,(H,14,15)(H,16,17). The SMILES string of the molecule is CCC(CC(=O)O)NC(=O)CNC1CCCC1. The van der Waals surface area contributed by atoms with Crippen LogP contribution >= 0.6 is 0 Å². The third-order valence-electron chi connectivity index (χ3n) is 3.19. The van der Waals surface area contributed by atoms with E-state index in [0.717, 1.165) is 12.8 Å². The van der Waals surface area contributed by atoms with Gasteiger partial charge in [-0.2, -0.15) is 0 Å². The van der Waals surface area contributed by atoms with Crippen LogP contribution < -0.4 is 10.6 Å². The number of carbonyl (C=O) groups excluding carboxylic acids is 1. The Hall–Kier alpha value is -1.10. The quantitative estimate of drug-likeness (QED) is 0.619. The van der Waals surface area contributed by atoms with Crippen LogP contribution in [0.4, 0.5) is 0 Å². The van der Waals surface area contributed by atoms with Crippen LogP contribution in [0.3, 0.4) is 0 Å². The molecule has 5 heteroatoms. The Labute approximate surface area is 102 Å². The van der Waals surface area contributed by atoms with E-state index >= 15 is 0 Å². The molecule has 0 aromatic heterocycles. The molecule has 1 saturated carbocycles. The zero-order valence-electron chi connectivity index (χ0n) is 10.4. The zero-order chi connectivity index (χ0) is 12.7. The van der Waals surface area contributed by atoms with E-state index in [1.807, 2.05) is 6.92 Å². The van der Waals surface area contributed by atoms with Crippen LogP contribution in [0.5, 0.6) is 0 Å². The maximum Gasteiger partial charge on any atom is 0.305 e. The molecule has 98 valence electrons. The smallest absolute Gasteiger partial charge is 0.305 e. The summed E-state index contributed by atoms with van der Waals surface area (Å²) in [6.07, 6.45) is 5.37. The number of hydrogen-bond acceptors (Lipinski definition) is 3. The second-order valence-electron chi connectivity index (χ2n) is 4.63. The third-order valence-corrected chi connectivity index (χ3v) is 3.19. The summed E-state index contributed by atoms with van der Waals surface area (Å²) in [7, 11) is 0. The fourth-order valence-corrected chi connectivity index (χ4v) is 2.15. The molecule has 0 spiro atoms. The van der Waals surface area contributed by atoms with Crippen molar-refractivity contribution in [3.8, 4) is 0 Å². The van der Waals surface area contributed by atoms with E-state index in [0.29, 0.717) is 19.0 Å². The van der Waals surface area contributed by atoms with Crippen molar-refractivity contribution in [1.29, 1.82) is 0 Å². The average molecular weight is 242 g/mol. The summed E-state index contributed by atoms with van der Waals surface area (Å²) in [6.45, 7) is 2.17. The number of nitrogens with one attached hydrogen (secondary N) is 2. The molecule has 1 fully saturated rings. The predicted octanol–water partition coefficient (Wildman–Crippen LogP) is 0.888. The molecule has 0 aromatic carbocycles.